The maximum Gasteiger partial charge on any atom is 0.338 e. The molecule has 1 aliphatic rings. The van der Waals surface area contributed by atoms with Crippen LogP contribution in [0.25, 0.3) is 0 Å². The molecule has 0 saturated heterocycles. The highest BCUT2D eigenvalue weighted by Crippen LogP contribution is 2.29. The van der Waals surface area contributed by atoms with Gasteiger partial charge in [0.05, 0.1) is 21.8 Å². The van der Waals surface area contributed by atoms with Gasteiger partial charge in [-0.2, -0.15) is 0 Å². The van der Waals surface area contributed by atoms with Crippen molar-refractivity contribution in [2.75, 3.05) is 23.3 Å². The van der Waals surface area contributed by atoms with Gasteiger partial charge in [0.15, 0.2) is 19.0 Å². The van der Waals surface area contributed by atoms with E-state index >= 15 is 0 Å². The number of sulfonamides is 1. The largest absolute Gasteiger partial charge is 0.482 e. The number of hydrogen-bond donors (Lipinski definition) is 2. The summed E-state index contributed by atoms with van der Waals surface area (Å²) in [6, 6.07) is 14.7. The number of amides is 1. The number of Topliss-reactive ketones (excluding diaryl/α,β-unsaturated/α-hetero) is 1. The normalized spacial score (nSPS) is 12.7. The van der Waals surface area contributed by atoms with Crippen molar-refractivity contribution in [2.24, 2.45) is 0 Å². The third-order valence-electron chi connectivity index (χ3n) is 5.06. The van der Waals surface area contributed by atoms with Gasteiger partial charge in [0.1, 0.15) is 5.75 Å². The number of anilines is 2. The summed E-state index contributed by atoms with van der Waals surface area (Å²) in [6.45, 7) is 0.897. The van der Waals surface area contributed by atoms with Crippen LogP contribution in [0.3, 0.4) is 0 Å². The van der Waals surface area contributed by atoms with E-state index in [0.29, 0.717) is 22.0 Å². The van der Waals surface area contributed by atoms with Crippen molar-refractivity contribution in [3.05, 3.63) is 82.4 Å². The first kappa shape index (κ1) is 24.2. The number of ether oxygens (including phenoxy) is 2. The fourth-order valence-corrected chi connectivity index (χ4v) is 4.84. The molecule has 0 aromatic heterocycles. The molecule has 0 saturated carbocycles. The molecular weight excluding hydrogens is 496 g/mol. The van der Waals surface area contributed by atoms with Crippen LogP contribution in [0.5, 0.6) is 5.75 Å². The van der Waals surface area contributed by atoms with Gasteiger partial charge in [-0.3, -0.25) is 14.3 Å². The molecule has 3 aromatic rings. The van der Waals surface area contributed by atoms with Crippen LogP contribution < -0.4 is 14.8 Å². The molecule has 0 aliphatic carbocycles. The minimum Gasteiger partial charge on any atom is -0.482 e. The van der Waals surface area contributed by atoms with Gasteiger partial charge in [0, 0.05) is 10.6 Å². The quantitative estimate of drug-likeness (QED) is 0.362. The highest BCUT2D eigenvalue weighted by molar-refractivity contribution is 7.92. The van der Waals surface area contributed by atoms with Crippen LogP contribution in [0.2, 0.25) is 5.02 Å². The number of carbonyl (C=O) groups excluding carboxylic acids is 3. The number of rotatable bonds is 7. The minimum absolute atomic E-state index is 0.0408. The number of nitrogens with one attached hydrogen (secondary N) is 2. The lowest BCUT2D eigenvalue weighted by Crippen LogP contribution is -2.25. The molecule has 0 bridgehead atoms. The fourth-order valence-electron chi connectivity index (χ4n) is 3.33. The van der Waals surface area contributed by atoms with Crippen LogP contribution in [0.4, 0.5) is 11.4 Å². The smallest absolute Gasteiger partial charge is 0.338 e. The molecule has 1 amide bonds. The Hall–Kier alpha value is -3.89. The lowest BCUT2D eigenvalue weighted by Gasteiger charge is -2.18. The maximum atomic E-state index is 12.9. The Morgan fingerprint density at radius 2 is 1.86 bits per heavy atom. The molecule has 0 atom stereocenters. The molecule has 2 N–H and O–H groups in total. The van der Waals surface area contributed by atoms with Crippen LogP contribution in [-0.4, -0.2) is 39.3 Å². The minimum atomic E-state index is -4.03. The van der Waals surface area contributed by atoms with Gasteiger partial charge < -0.3 is 14.8 Å². The second-order valence-electron chi connectivity index (χ2n) is 7.64. The Kier molecular flexibility index (Phi) is 6.77. The number of ketones is 1. The van der Waals surface area contributed by atoms with Crippen molar-refractivity contribution in [3.63, 3.8) is 0 Å². The van der Waals surface area contributed by atoms with Crippen LogP contribution >= 0.6 is 11.6 Å². The van der Waals surface area contributed by atoms with Crippen molar-refractivity contribution >= 4 is 50.7 Å². The Morgan fingerprint density at radius 3 is 2.63 bits per heavy atom. The van der Waals surface area contributed by atoms with E-state index in [1.807, 2.05) is 0 Å². The summed E-state index contributed by atoms with van der Waals surface area (Å²) < 4.78 is 38.6. The van der Waals surface area contributed by atoms with Crippen LogP contribution in [-0.2, 0) is 19.6 Å². The fraction of sp³-hybridized carbons (Fsp3) is 0.125. The predicted molar refractivity (Wildman–Crippen MR) is 129 cm³/mol. The maximum absolute atomic E-state index is 12.9. The molecule has 11 heteroatoms. The van der Waals surface area contributed by atoms with Crippen molar-refractivity contribution in [2.45, 2.75) is 11.8 Å². The molecule has 0 spiro atoms. The van der Waals surface area contributed by atoms with E-state index in [0.717, 1.165) is 0 Å². The van der Waals surface area contributed by atoms with Gasteiger partial charge in [-0.15, -0.1) is 0 Å². The highest BCUT2D eigenvalue weighted by Gasteiger charge is 2.22. The molecule has 0 radical (unpaired) electrons. The molecule has 3 aromatic carbocycles. The third kappa shape index (κ3) is 5.61. The number of halogens is 1. The van der Waals surface area contributed by atoms with E-state index in [1.165, 1.54) is 42.5 Å². The van der Waals surface area contributed by atoms with Gasteiger partial charge in [-0.05, 0) is 61.0 Å². The van der Waals surface area contributed by atoms with Gasteiger partial charge in [0.25, 0.3) is 15.9 Å². The van der Waals surface area contributed by atoms with Crippen LogP contribution in [0.15, 0.2) is 65.6 Å². The number of carbonyl (C=O) groups is 3. The molecule has 1 heterocycles. The molecule has 1 aliphatic heterocycles. The number of aryl methyl sites for hydroxylation is 1. The summed E-state index contributed by atoms with van der Waals surface area (Å²) in [5, 5.41) is 2.96. The molecule has 4 rings (SSSR count). The summed E-state index contributed by atoms with van der Waals surface area (Å²) in [5.74, 6) is -1.29. The molecule has 0 fully saturated rings. The van der Waals surface area contributed by atoms with Crippen molar-refractivity contribution in [1.82, 2.24) is 0 Å². The zero-order valence-electron chi connectivity index (χ0n) is 18.3. The van der Waals surface area contributed by atoms with E-state index < -0.39 is 28.4 Å². The molecule has 35 heavy (non-hydrogen) atoms. The predicted octanol–water partition coefficient (Wildman–Crippen LogP) is 3.82. The van der Waals surface area contributed by atoms with Gasteiger partial charge in [-0.1, -0.05) is 23.7 Å². The standard InChI is InChI=1S/C24H19ClN2O7S/c1-14-5-6-16(10-22(14)35(31,32)27-18-4-2-3-17(25)11-18)24(30)34-12-20(28)15-7-8-21-19(9-15)26-23(29)13-33-21/h2-11,27H,12-13H2,1H3,(H,26,29). The van der Waals surface area contributed by atoms with Crippen molar-refractivity contribution in [1.29, 1.82) is 0 Å². The van der Waals surface area contributed by atoms with E-state index in [-0.39, 0.29) is 34.2 Å². The second-order valence-corrected chi connectivity index (χ2v) is 9.73. The Balaban J connectivity index is 1.46. The Morgan fingerprint density at radius 1 is 1.09 bits per heavy atom. The van der Waals surface area contributed by atoms with Crippen molar-refractivity contribution in [3.8, 4) is 5.75 Å². The summed E-state index contributed by atoms with van der Waals surface area (Å²) in [6.07, 6.45) is 0. The Labute approximate surface area is 206 Å². The van der Waals surface area contributed by atoms with Gasteiger partial charge >= 0.3 is 5.97 Å². The average molecular weight is 515 g/mol. The van der Waals surface area contributed by atoms with Gasteiger partial charge in [-0.25, -0.2) is 13.2 Å². The number of hydrogen-bond acceptors (Lipinski definition) is 7. The number of benzene rings is 3. The summed E-state index contributed by atoms with van der Waals surface area (Å²) in [4.78, 5) is 36.4. The first-order chi connectivity index (χ1) is 16.6. The molecule has 9 nitrogen and oxygen atoms in total. The zero-order chi connectivity index (χ0) is 25.2. The SMILES string of the molecule is Cc1ccc(C(=O)OCC(=O)c2ccc3c(c2)NC(=O)CO3)cc1S(=O)(=O)Nc1cccc(Cl)c1. The monoisotopic (exact) mass is 514 g/mol. The number of fused-ring (bicyclic) bond motifs is 1. The average Bonchev–Trinajstić information content (AvgIpc) is 2.81. The third-order valence-corrected chi connectivity index (χ3v) is 6.82. The lowest BCUT2D eigenvalue weighted by molar-refractivity contribution is -0.118. The van der Waals surface area contributed by atoms with E-state index in [1.54, 1.807) is 25.1 Å². The van der Waals surface area contributed by atoms with E-state index in [4.69, 9.17) is 21.1 Å². The first-order valence-corrected chi connectivity index (χ1v) is 12.1. The van der Waals surface area contributed by atoms with Gasteiger partial charge in [0.2, 0.25) is 0 Å². The van der Waals surface area contributed by atoms with Crippen LogP contribution in [0.1, 0.15) is 26.3 Å². The lowest BCUT2D eigenvalue weighted by atomic mass is 10.1. The molecular formula is C24H19ClN2O7S. The van der Waals surface area contributed by atoms with Crippen LogP contribution in [0, 0.1) is 6.92 Å². The summed E-state index contributed by atoms with van der Waals surface area (Å²) >= 11 is 5.92. The second kappa shape index (κ2) is 9.77. The van der Waals surface area contributed by atoms with E-state index in [9.17, 15) is 22.8 Å². The first-order valence-electron chi connectivity index (χ1n) is 10.3. The topological polar surface area (TPSA) is 128 Å². The van der Waals surface area contributed by atoms with E-state index in [2.05, 4.69) is 10.0 Å². The molecule has 180 valence electrons. The summed E-state index contributed by atoms with van der Waals surface area (Å²) in [5.41, 5.74) is 1.19. The number of esters is 1. The summed E-state index contributed by atoms with van der Waals surface area (Å²) in [7, 11) is -4.03. The van der Waals surface area contributed by atoms with Crippen molar-refractivity contribution < 1.29 is 32.3 Å². The highest BCUT2D eigenvalue weighted by atomic mass is 35.5. The molecule has 0 unspecified atom stereocenters. The zero-order valence-corrected chi connectivity index (χ0v) is 19.9. The Bertz CT molecular complexity index is 1450.